The molecule has 1 aliphatic heterocycles. The van der Waals surface area contributed by atoms with E-state index >= 15 is 0 Å². The van der Waals surface area contributed by atoms with Crippen LogP contribution in [0.15, 0.2) is 0 Å². The molecule has 1 saturated heterocycles. The van der Waals surface area contributed by atoms with Gasteiger partial charge in [-0.15, -0.1) is 0 Å². The third-order valence-corrected chi connectivity index (χ3v) is 12.9. The maximum absolute atomic E-state index is 13.0. The Balaban J connectivity index is 1.33. The van der Waals surface area contributed by atoms with E-state index in [1.54, 1.807) is 0 Å². The normalized spacial score (nSPS) is 28.9. The van der Waals surface area contributed by atoms with Gasteiger partial charge in [0, 0.05) is 6.42 Å². The number of unbranched alkanes of at least 4 members (excludes halogenated alkanes) is 18. The Morgan fingerprint density at radius 3 is 1.77 bits per heavy atom. The molecule has 312 valence electrons. The molecular formula is C43H81NO9. The van der Waals surface area contributed by atoms with E-state index in [2.05, 4.69) is 12.2 Å². The number of hydrogen-bond acceptors (Lipinski definition) is 9. The van der Waals surface area contributed by atoms with E-state index in [0.717, 1.165) is 44.4 Å². The summed E-state index contributed by atoms with van der Waals surface area (Å²) in [5.41, 5.74) is 0.681. The lowest BCUT2D eigenvalue weighted by Crippen LogP contribution is -2.60. The van der Waals surface area contributed by atoms with Gasteiger partial charge in [-0.3, -0.25) is 4.79 Å². The standard InChI is InChI=1S/C43H81NO9/c1-2-3-4-5-6-7-8-9-10-13-16-19-22-35(46)38(48)34(32-52-42-41(51)40(50)39(49)36(31-45)53-42)44-37(47)23-20-17-14-11-12-15-18-21-27-43-28-24-33(25-29-43)26-30-43/h33-36,38-42,45-46,48-51H,2-32H2,1H3,(H,44,47)/t33?,34-,35+,36?,38-,39?,40?,41?,42?,43?/m0/s1. The van der Waals surface area contributed by atoms with Gasteiger partial charge in [-0.1, -0.05) is 129 Å². The average molecular weight is 756 g/mol. The highest BCUT2D eigenvalue weighted by Gasteiger charge is 2.44. The van der Waals surface area contributed by atoms with Crippen LogP contribution in [-0.4, -0.2) is 98.7 Å². The summed E-state index contributed by atoms with van der Waals surface area (Å²) in [5, 5.41) is 65.1. The lowest BCUT2D eigenvalue weighted by atomic mass is 9.59. The molecule has 2 bridgehead atoms. The minimum atomic E-state index is -1.60. The maximum atomic E-state index is 13.0. The molecule has 4 aliphatic rings. The first-order chi connectivity index (χ1) is 25.7. The van der Waals surface area contributed by atoms with Crippen LogP contribution in [-0.2, 0) is 14.3 Å². The lowest BCUT2D eigenvalue weighted by molar-refractivity contribution is -0.303. The van der Waals surface area contributed by atoms with E-state index in [1.165, 1.54) is 135 Å². The van der Waals surface area contributed by atoms with Crippen molar-refractivity contribution in [2.45, 2.75) is 242 Å². The minimum Gasteiger partial charge on any atom is -0.394 e. The number of rotatable bonds is 31. The fraction of sp³-hybridized carbons (Fsp3) is 0.977. The van der Waals surface area contributed by atoms with E-state index in [4.69, 9.17) is 9.47 Å². The molecule has 10 nitrogen and oxygen atoms in total. The number of aliphatic hydroxyl groups excluding tert-OH is 6. The van der Waals surface area contributed by atoms with Crippen molar-refractivity contribution in [2.24, 2.45) is 11.3 Å². The summed E-state index contributed by atoms with van der Waals surface area (Å²) in [6.07, 6.45) is 24.8. The third kappa shape index (κ3) is 17.4. The van der Waals surface area contributed by atoms with Crippen LogP contribution in [0.4, 0.5) is 0 Å². The predicted octanol–water partition coefficient (Wildman–Crippen LogP) is 6.97. The molecule has 0 aromatic carbocycles. The number of hydrogen-bond donors (Lipinski definition) is 7. The zero-order valence-corrected chi connectivity index (χ0v) is 33.5. The number of amides is 1. The van der Waals surface area contributed by atoms with Gasteiger partial charge in [0.25, 0.3) is 0 Å². The molecule has 1 amide bonds. The zero-order valence-electron chi connectivity index (χ0n) is 33.5. The summed E-state index contributed by atoms with van der Waals surface area (Å²) in [7, 11) is 0. The van der Waals surface area contributed by atoms with Crippen LogP contribution in [0.2, 0.25) is 0 Å². The fourth-order valence-electron chi connectivity index (χ4n) is 9.10. The monoisotopic (exact) mass is 756 g/mol. The van der Waals surface area contributed by atoms with Crippen molar-refractivity contribution < 1.29 is 44.9 Å². The summed E-state index contributed by atoms with van der Waals surface area (Å²) < 4.78 is 11.2. The molecule has 53 heavy (non-hydrogen) atoms. The van der Waals surface area contributed by atoms with Crippen LogP contribution in [0.25, 0.3) is 0 Å². The molecule has 0 spiro atoms. The topological polar surface area (TPSA) is 169 Å². The molecule has 3 saturated carbocycles. The molecule has 0 radical (unpaired) electrons. The van der Waals surface area contributed by atoms with Gasteiger partial charge >= 0.3 is 0 Å². The number of carbonyl (C=O) groups excluding carboxylic acids is 1. The molecule has 10 heteroatoms. The van der Waals surface area contributed by atoms with Gasteiger partial charge in [0.1, 0.15) is 30.5 Å². The van der Waals surface area contributed by atoms with E-state index in [9.17, 15) is 35.4 Å². The van der Waals surface area contributed by atoms with Gasteiger partial charge in [0.2, 0.25) is 5.91 Å². The molecule has 1 heterocycles. The molecule has 4 fully saturated rings. The second kappa shape index (κ2) is 26.9. The van der Waals surface area contributed by atoms with Crippen molar-refractivity contribution >= 4 is 5.91 Å². The highest BCUT2D eigenvalue weighted by Crippen LogP contribution is 2.52. The van der Waals surface area contributed by atoms with Crippen molar-refractivity contribution in [3.8, 4) is 0 Å². The molecule has 0 aromatic rings. The third-order valence-electron chi connectivity index (χ3n) is 12.9. The van der Waals surface area contributed by atoms with Crippen molar-refractivity contribution in [1.82, 2.24) is 5.32 Å². The van der Waals surface area contributed by atoms with Gasteiger partial charge in [0.15, 0.2) is 6.29 Å². The number of carbonyl (C=O) groups is 1. The Morgan fingerprint density at radius 2 is 1.23 bits per heavy atom. The van der Waals surface area contributed by atoms with E-state index in [-0.39, 0.29) is 12.5 Å². The number of fused-ring (bicyclic) bond motifs is 3. The largest absolute Gasteiger partial charge is 0.394 e. The van der Waals surface area contributed by atoms with Crippen LogP contribution in [0, 0.1) is 11.3 Å². The summed E-state index contributed by atoms with van der Waals surface area (Å²) in [6.45, 7) is 1.35. The predicted molar refractivity (Wildman–Crippen MR) is 209 cm³/mol. The number of aliphatic hydroxyl groups is 6. The van der Waals surface area contributed by atoms with Crippen molar-refractivity contribution in [3.63, 3.8) is 0 Å². The summed E-state index contributed by atoms with van der Waals surface area (Å²) in [5.74, 6) is 0.780. The van der Waals surface area contributed by atoms with Crippen molar-refractivity contribution in [3.05, 3.63) is 0 Å². The highest BCUT2D eigenvalue weighted by molar-refractivity contribution is 5.76. The van der Waals surface area contributed by atoms with Crippen LogP contribution >= 0.6 is 0 Å². The van der Waals surface area contributed by atoms with Gasteiger partial charge in [-0.05, 0) is 69.1 Å². The lowest BCUT2D eigenvalue weighted by Gasteiger charge is -2.47. The van der Waals surface area contributed by atoms with Crippen LogP contribution in [0.5, 0.6) is 0 Å². The summed E-state index contributed by atoms with van der Waals surface area (Å²) >= 11 is 0. The highest BCUT2D eigenvalue weighted by atomic mass is 16.7. The van der Waals surface area contributed by atoms with Gasteiger partial charge < -0.3 is 45.4 Å². The first-order valence-corrected chi connectivity index (χ1v) is 22.3. The van der Waals surface area contributed by atoms with Gasteiger partial charge in [0.05, 0.1) is 25.4 Å². The van der Waals surface area contributed by atoms with Crippen molar-refractivity contribution in [1.29, 1.82) is 0 Å². The average Bonchev–Trinajstić information content (AvgIpc) is 3.17. The van der Waals surface area contributed by atoms with Gasteiger partial charge in [-0.25, -0.2) is 0 Å². The molecule has 3 aliphatic carbocycles. The maximum Gasteiger partial charge on any atom is 0.220 e. The Morgan fingerprint density at radius 1 is 0.717 bits per heavy atom. The molecular weight excluding hydrogens is 674 g/mol. The van der Waals surface area contributed by atoms with Gasteiger partial charge in [-0.2, -0.15) is 0 Å². The minimum absolute atomic E-state index is 0.250. The van der Waals surface area contributed by atoms with E-state index in [1.807, 2.05) is 0 Å². The molecule has 0 aromatic heterocycles. The van der Waals surface area contributed by atoms with E-state index in [0.29, 0.717) is 18.3 Å². The molecule has 8 atom stereocenters. The number of ether oxygens (including phenoxy) is 2. The zero-order chi connectivity index (χ0) is 38.3. The first kappa shape index (κ1) is 46.5. The second-order valence-corrected chi connectivity index (χ2v) is 17.3. The summed E-state index contributed by atoms with van der Waals surface area (Å²) in [6, 6.07) is -0.981. The van der Waals surface area contributed by atoms with Crippen LogP contribution in [0.3, 0.4) is 0 Å². The summed E-state index contributed by atoms with van der Waals surface area (Å²) in [4.78, 5) is 13.0. The molecule has 5 unspecified atom stereocenters. The Hall–Kier alpha value is -0.850. The number of nitrogens with one attached hydrogen (secondary N) is 1. The van der Waals surface area contributed by atoms with Crippen LogP contribution < -0.4 is 5.32 Å². The van der Waals surface area contributed by atoms with E-state index < -0.39 is 55.6 Å². The Labute approximate surface area is 322 Å². The SMILES string of the molecule is CCCCCCCCCCCCCC[C@@H](O)[C@@H](O)[C@H](COC1OC(CO)C(O)C(O)C1O)NC(=O)CCCCCCCCCCC12CCC(CC1)CC2. The Bertz CT molecular complexity index is 916. The molecule has 7 N–H and O–H groups in total. The Kier molecular flexibility index (Phi) is 23.6. The first-order valence-electron chi connectivity index (χ1n) is 22.3. The second-order valence-electron chi connectivity index (χ2n) is 17.3. The molecule has 4 rings (SSSR count). The smallest absolute Gasteiger partial charge is 0.220 e. The quantitative estimate of drug-likeness (QED) is 0.0370. The van der Waals surface area contributed by atoms with Crippen LogP contribution in [0.1, 0.15) is 193 Å². The van der Waals surface area contributed by atoms with Crippen molar-refractivity contribution in [2.75, 3.05) is 13.2 Å². The fourth-order valence-corrected chi connectivity index (χ4v) is 9.10.